The van der Waals surface area contributed by atoms with Crippen LogP contribution < -0.4 is 4.74 Å². The van der Waals surface area contributed by atoms with Crippen molar-refractivity contribution < 1.29 is 19.0 Å². The van der Waals surface area contributed by atoms with Crippen LogP contribution in [0, 0.1) is 5.82 Å². The summed E-state index contributed by atoms with van der Waals surface area (Å²) in [6.07, 6.45) is 3.28. The molecule has 0 amide bonds. The van der Waals surface area contributed by atoms with E-state index in [0.29, 0.717) is 5.75 Å². The molecule has 110 valence electrons. The number of aromatic carboxylic acids is 1. The molecule has 2 aromatic carbocycles. The standard InChI is InChI=1S/C17H17FO3/c1-2-3-4-12-5-8-14(9-6-12)21-16-10-7-13(17(19)20)11-15(16)18/h5-11H,2-4H2,1H3,(H,19,20). The second-order valence-electron chi connectivity index (χ2n) is 4.80. The van der Waals surface area contributed by atoms with Crippen LogP contribution in [0.2, 0.25) is 0 Å². The molecule has 3 nitrogen and oxygen atoms in total. The van der Waals surface area contributed by atoms with Crippen molar-refractivity contribution in [1.82, 2.24) is 0 Å². The van der Waals surface area contributed by atoms with Crippen LogP contribution >= 0.6 is 0 Å². The molecule has 2 rings (SSSR count). The highest BCUT2D eigenvalue weighted by Crippen LogP contribution is 2.25. The van der Waals surface area contributed by atoms with Crippen molar-refractivity contribution in [3.05, 3.63) is 59.4 Å². The van der Waals surface area contributed by atoms with Crippen molar-refractivity contribution in [3.63, 3.8) is 0 Å². The van der Waals surface area contributed by atoms with Crippen LogP contribution in [0.4, 0.5) is 4.39 Å². The molecule has 0 aliphatic carbocycles. The van der Waals surface area contributed by atoms with E-state index in [1.807, 2.05) is 12.1 Å². The van der Waals surface area contributed by atoms with Crippen molar-refractivity contribution in [2.75, 3.05) is 0 Å². The number of ether oxygens (including phenoxy) is 1. The lowest BCUT2D eigenvalue weighted by Gasteiger charge is -2.08. The van der Waals surface area contributed by atoms with Crippen LogP contribution in [0.5, 0.6) is 11.5 Å². The van der Waals surface area contributed by atoms with Crippen molar-refractivity contribution in [2.45, 2.75) is 26.2 Å². The highest BCUT2D eigenvalue weighted by Gasteiger charge is 2.10. The summed E-state index contributed by atoms with van der Waals surface area (Å²) in [5.74, 6) is -1.32. The average molecular weight is 288 g/mol. The van der Waals surface area contributed by atoms with Gasteiger partial charge >= 0.3 is 5.97 Å². The summed E-state index contributed by atoms with van der Waals surface area (Å²) >= 11 is 0. The smallest absolute Gasteiger partial charge is 0.335 e. The fourth-order valence-electron chi connectivity index (χ4n) is 1.95. The number of aryl methyl sites for hydroxylation is 1. The number of hydrogen-bond donors (Lipinski definition) is 1. The van der Waals surface area contributed by atoms with Gasteiger partial charge in [-0.3, -0.25) is 0 Å². The first-order valence-corrected chi connectivity index (χ1v) is 6.90. The Kier molecular flexibility index (Phi) is 4.93. The van der Waals surface area contributed by atoms with Crippen LogP contribution in [0.1, 0.15) is 35.7 Å². The molecule has 0 aliphatic heterocycles. The number of carboxylic acid groups (broad SMARTS) is 1. The Bertz CT molecular complexity index is 620. The van der Waals surface area contributed by atoms with Gasteiger partial charge in [-0.05, 0) is 48.7 Å². The molecule has 0 unspecified atom stereocenters. The minimum atomic E-state index is -1.17. The van der Waals surface area contributed by atoms with Gasteiger partial charge in [-0.1, -0.05) is 25.5 Å². The molecule has 0 saturated carbocycles. The van der Waals surface area contributed by atoms with Crippen LogP contribution in [-0.4, -0.2) is 11.1 Å². The molecule has 0 radical (unpaired) electrons. The SMILES string of the molecule is CCCCc1ccc(Oc2ccc(C(=O)O)cc2F)cc1. The van der Waals surface area contributed by atoms with E-state index < -0.39 is 11.8 Å². The Hall–Kier alpha value is -2.36. The number of carboxylic acids is 1. The molecule has 0 heterocycles. The predicted octanol–water partition coefficient (Wildman–Crippen LogP) is 4.66. The first-order valence-electron chi connectivity index (χ1n) is 6.90. The number of hydrogen-bond acceptors (Lipinski definition) is 2. The Morgan fingerprint density at radius 3 is 2.48 bits per heavy atom. The van der Waals surface area contributed by atoms with Gasteiger partial charge in [0.2, 0.25) is 0 Å². The molecule has 4 heteroatoms. The van der Waals surface area contributed by atoms with Gasteiger partial charge in [-0.15, -0.1) is 0 Å². The highest BCUT2D eigenvalue weighted by atomic mass is 19.1. The van der Waals surface area contributed by atoms with E-state index in [2.05, 4.69) is 6.92 Å². The third-order valence-electron chi connectivity index (χ3n) is 3.15. The van der Waals surface area contributed by atoms with Crippen LogP contribution in [-0.2, 0) is 6.42 Å². The maximum Gasteiger partial charge on any atom is 0.335 e. The highest BCUT2D eigenvalue weighted by molar-refractivity contribution is 5.87. The number of rotatable bonds is 6. The molecule has 0 atom stereocenters. The number of benzene rings is 2. The molecule has 0 saturated heterocycles. The maximum atomic E-state index is 13.8. The molecule has 0 aromatic heterocycles. The molecule has 0 bridgehead atoms. The van der Waals surface area contributed by atoms with Crippen LogP contribution in [0.25, 0.3) is 0 Å². The molecule has 0 aliphatic rings. The van der Waals surface area contributed by atoms with E-state index in [1.54, 1.807) is 12.1 Å². The minimum Gasteiger partial charge on any atom is -0.478 e. The quantitative estimate of drug-likeness (QED) is 0.841. The van der Waals surface area contributed by atoms with Crippen molar-refractivity contribution in [2.24, 2.45) is 0 Å². The summed E-state index contributed by atoms with van der Waals surface area (Å²) < 4.78 is 19.2. The van der Waals surface area contributed by atoms with Crippen LogP contribution in [0.15, 0.2) is 42.5 Å². The van der Waals surface area contributed by atoms with E-state index in [1.165, 1.54) is 17.7 Å². The van der Waals surface area contributed by atoms with E-state index in [-0.39, 0.29) is 11.3 Å². The fraction of sp³-hybridized carbons (Fsp3) is 0.235. The topological polar surface area (TPSA) is 46.5 Å². The lowest BCUT2D eigenvalue weighted by atomic mass is 10.1. The summed E-state index contributed by atoms with van der Waals surface area (Å²) in [6.45, 7) is 2.14. The first-order chi connectivity index (χ1) is 10.1. The minimum absolute atomic E-state index is 0.0151. The first kappa shape index (κ1) is 15.0. The number of halogens is 1. The summed E-state index contributed by atoms with van der Waals surface area (Å²) in [5.41, 5.74) is 1.11. The van der Waals surface area contributed by atoms with Gasteiger partial charge in [0, 0.05) is 0 Å². The second-order valence-corrected chi connectivity index (χ2v) is 4.80. The van der Waals surface area contributed by atoms with Crippen molar-refractivity contribution in [1.29, 1.82) is 0 Å². The molecular weight excluding hydrogens is 271 g/mol. The molecule has 21 heavy (non-hydrogen) atoms. The van der Waals surface area contributed by atoms with E-state index in [4.69, 9.17) is 9.84 Å². The zero-order valence-electron chi connectivity index (χ0n) is 11.8. The van der Waals surface area contributed by atoms with Gasteiger partial charge in [0.15, 0.2) is 11.6 Å². The largest absolute Gasteiger partial charge is 0.478 e. The van der Waals surface area contributed by atoms with Gasteiger partial charge in [0.1, 0.15) is 5.75 Å². The third kappa shape index (κ3) is 4.05. The fourth-order valence-corrected chi connectivity index (χ4v) is 1.95. The number of carbonyl (C=O) groups is 1. The van der Waals surface area contributed by atoms with Gasteiger partial charge in [0.25, 0.3) is 0 Å². The summed E-state index contributed by atoms with van der Waals surface area (Å²) in [6, 6.07) is 11.1. The lowest BCUT2D eigenvalue weighted by molar-refractivity contribution is 0.0696. The van der Waals surface area contributed by atoms with Gasteiger partial charge < -0.3 is 9.84 Å². The normalized spacial score (nSPS) is 10.4. The Balaban J connectivity index is 2.09. The van der Waals surface area contributed by atoms with Gasteiger partial charge in [-0.25, -0.2) is 9.18 Å². The van der Waals surface area contributed by atoms with Gasteiger partial charge in [-0.2, -0.15) is 0 Å². The Morgan fingerprint density at radius 1 is 1.19 bits per heavy atom. The Morgan fingerprint density at radius 2 is 1.90 bits per heavy atom. The summed E-state index contributed by atoms with van der Waals surface area (Å²) in [5, 5.41) is 8.78. The van der Waals surface area contributed by atoms with Crippen LogP contribution in [0.3, 0.4) is 0 Å². The average Bonchev–Trinajstić information content (AvgIpc) is 2.48. The van der Waals surface area contributed by atoms with Crippen molar-refractivity contribution >= 4 is 5.97 Å². The number of unbranched alkanes of at least 4 members (excludes halogenated alkanes) is 1. The van der Waals surface area contributed by atoms with Crippen molar-refractivity contribution in [3.8, 4) is 11.5 Å². The predicted molar refractivity (Wildman–Crippen MR) is 78.5 cm³/mol. The third-order valence-corrected chi connectivity index (χ3v) is 3.15. The maximum absolute atomic E-state index is 13.8. The lowest BCUT2D eigenvalue weighted by Crippen LogP contribution is -1.98. The summed E-state index contributed by atoms with van der Waals surface area (Å²) in [4.78, 5) is 10.7. The van der Waals surface area contributed by atoms with E-state index in [9.17, 15) is 9.18 Å². The molecule has 0 spiro atoms. The van der Waals surface area contributed by atoms with Gasteiger partial charge in [0.05, 0.1) is 5.56 Å². The Labute approximate surface area is 123 Å². The monoisotopic (exact) mass is 288 g/mol. The summed E-state index contributed by atoms with van der Waals surface area (Å²) in [7, 11) is 0. The van der Waals surface area contributed by atoms with E-state index >= 15 is 0 Å². The van der Waals surface area contributed by atoms with E-state index in [0.717, 1.165) is 25.3 Å². The second kappa shape index (κ2) is 6.88. The molecule has 1 N–H and O–H groups in total. The zero-order valence-corrected chi connectivity index (χ0v) is 11.8. The molecule has 0 fully saturated rings. The molecule has 2 aromatic rings. The zero-order chi connectivity index (χ0) is 15.2. The molecular formula is C17H17FO3.